The molecule has 5 rings (SSSR count). The van der Waals surface area contributed by atoms with Gasteiger partial charge >= 0.3 is 6.03 Å². The highest BCUT2D eigenvalue weighted by molar-refractivity contribution is 6.25. The first-order valence-corrected chi connectivity index (χ1v) is 14.2. The van der Waals surface area contributed by atoms with E-state index in [2.05, 4.69) is 10.6 Å². The van der Waals surface area contributed by atoms with Crippen LogP contribution in [0.5, 0.6) is 5.75 Å². The lowest BCUT2D eigenvalue weighted by Crippen LogP contribution is -2.57. The lowest BCUT2D eigenvalue weighted by molar-refractivity contribution is -0.129. The molecular formula is C34H33N5O5. The molecule has 5 amide bonds. The fourth-order valence-corrected chi connectivity index (χ4v) is 5.17. The number of rotatable bonds is 8. The summed E-state index contributed by atoms with van der Waals surface area (Å²) in [7, 11) is 1.51. The number of fused-ring (bicyclic) bond motifs is 1. The average Bonchev–Trinajstić information content (AvgIpc) is 3.11. The number of hydrogen-bond donors (Lipinski definition) is 2. The van der Waals surface area contributed by atoms with Gasteiger partial charge in [0, 0.05) is 29.2 Å². The summed E-state index contributed by atoms with van der Waals surface area (Å²) in [6.45, 7) is 3.41. The Labute approximate surface area is 255 Å². The van der Waals surface area contributed by atoms with Crippen LogP contribution < -0.4 is 30.1 Å². The summed E-state index contributed by atoms with van der Waals surface area (Å²) in [5.74, 6) is -1.25. The van der Waals surface area contributed by atoms with Crippen molar-refractivity contribution in [3.63, 3.8) is 0 Å². The standard InChI is InChI=1S/C34H33N5O5/c1-23(2)38(25-14-6-4-7-15-25)30(40)22-37-28-19-10-11-20-29(28)39(26-16-8-5-9-17-26)33(42)31(32(37)41)36-34(43)35-24-13-12-18-27(21-24)44-3/h4-21,23,31H,22H2,1-3H3,(H2,35,36,43). The van der Waals surface area contributed by atoms with Crippen LogP contribution in [-0.2, 0) is 14.4 Å². The molecule has 0 radical (unpaired) electrons. The number of urea groups is 1. The number of amides is 5. The van der Waals surface area contributed by atoms with Crippen molar-refractivity contribution in [3.8, 4) is 5.75 Å². The normalized spacial score (nSPS) is 14.5. The highest BCUT2D eigenvalue weighted by Gasteiger charge is 2.43. The van der Waals surface area contributed by atoms with Crippen molar-refractivity contribution < 1.29 is 23.9 Å². The molecule has 0 fully saturated rings. The summed E-state index contributed by atoms with van der Waals surface area (Å²) in [6, 6.07) is 28.9. The lowest BCUT2D eigenvalue weighted by atomic mass is 10.2. The molecule has 0 aliphatic carbocycles. The van der Waals surface area contributed by atoms with Crippen molar-refractivity contribution in [1.82, 2.24) is 5.32 Å². The van der Waals surface area contributed by atoms with Crippen molar-refractivity contribution in [2.45, 2.75) is 25.9 Å². The Morgan fingerprint density at radius 2 is 1.45 bits per heavy atom. The van der Waals surface area contributed by atoms with Crippen LogP contribution in [-0.4, -0.2) is 49.5 Å². The molecule has 224 valence electrons. The second-order valence-electron chi connectivity index (χ2n) is 10.4. The summed E-state index contributed by atoms with van der Waals surface area (Å²) in [6.07, 6.45) is 0. The molecule has 10 heteroatoms. The van der Waals surface area contributed by atoms with Crippen LogP contribution in [0.15, 0.2) is 109 Å². The maximum atomic E-state index is 14.3. The smallest absolute Gasteiger partial charge is 0.320 e. The third-order valence-corrected chi connectivity index (χ3v) is 7.12. The van der Waals surface area contributed by atoms with Crippen LogP contribution in [0.1, 0.15) is 13.8 Å². The van der Waals surface area contributed by atoms with E-state index in [0.29, 0.717) is 34.2 Å². The molecule has 0 bridgehead atoms. The summed E-state index contributed by atoms with van der Waals surface area (Å²) < 4.78 is 5.23. The first kappa shape index (κ1) is 29.8. The quantitative estimate of drug-likeness (QED) is 0.269. The van der Waals surface area contributed by atoms with Gasteiger partial charge in [0.25, 0.3) is 11.8 Å². The van der Waals surface area contributed by atoms with E-state index in [4.69, 9.17) is 4.74 Å². The van der Waals surface area contributed by atoms with E-state index >= 15 is 0 Å². The molecule has 4 aromatic rings. The van der Waals surface area contributed by atoms with Crippen molar-refractivity contribution in [2.75, 3.05) is 33.7 Å². The molecule has 2 N–H and O–H groups in total. The highest BCUT2D eigenvalue weighted by Crippen LogP contribution is 2.38. The first-order valence-electron chi connectivity index (χ1n) is 14.2. The molecule has 0 saturated heterocycles. The number of benzene rings is 4. The third-order valence-electron chi connectivity index (χ3n) is 7.12. The maximum absolute atomic E-state index is 14.3. The molecular weight excluding hydrogens is 558 g/mol. The summed E-state index contributed by atoms with van der Waals surface area (Å²) in [5, 5.41) is 5.23. The van der Waals surface area contributed by atoms with Gasteiger partial charge in [-0.3, -0.25) is 24.2 Å². The van der Waals surface area contributed by atoms with Crippen molar-refractivity contribution >= 4 is 52.2 Å². The molecule has 1 unspecified atom stereocenters. The van der Waals surface area contributed by atoms with Gasteiger partial charge in [-0.05, 0) is 62.4 Å². The van der Waals surface area contributed by atoms with Crippen molar-refractivity contribution in [1.29, 1.82) is 0 Å². The number of anilines is 5. The minimum Gasteiger partial charge on any atom is -0.497 e. The van der Waals surface area contributed by atoms with Crippen molar-refractivity contribution in [3.05, 3.63) is 109 Å². The second kappa shape index (κ2) is 13.1. The minimum atomic E-state index is -1.65. The Bertz CT molecular complexity index is 1660. The van der Waals surface area contributed by atoms with Crippen molar-refractivity contribution in [2.24, 2.45) is 0 Å². The number of nitrogens with one attached hydrogen (secondary N) is 2. The molecule has 0 aromatic heterocycles. The Morgan fingerprint density at radius 3 is 2.11 bits per heavy atom. The zero-order valence-corrected chi connectivity index (χ0v) is 24.6. The van der Waals surface area contributed by atoms with E-state index in [1.807, 2.05) is 50.2 Å². The lowest BCUT2D eigenvalue weighted by Gasteiger charge is -2.31. The van der Waals surface area contributed by atoms with Crippen LogP contribution >= 0.6 is 0 Å². The Hall–Kier alpha value is -5.64. The Kier molecular flexibility index (Phi) is 8.90. The van der Waals surface area contributed by atoms with Gasteiger partial charge in [-0.25, -0.2) is 4.79 Å². The van der Waals surface area contributed by atoms with E-state index < -0.39 is 23.9 Å². The van der Waals surface area contributed by atoms with Crippen LogP contribution in [0, 0.1) is 0 Å². The number of carbonyl (C=O) groups excluding carboxylic acids is 4. The van der Waals surface area contributed by atoms with E-state index in [9.17, 15) is 19.2 Å². The van der Waals surface area contributed by atoms with Gasteiger partial charge in [-0.15, -0.1) is 0 Å². The number of carbonyl (C=O) groups is 4. The summed E-state index contributed by atoms with van der Waals surface area (Å²) in [4.78, 5) is 59.9. The topological polar surface area (TPSA) is 111 Å². The highest BCUT2D eigenvalue weighted by atomic mass is 16.5. The van der Waals surface area contributed by atoms with E-state index in [1.54, 1.807) is 77.7 Å². The molecule has 44 heavy (non-hydrogen) atoms. The molecule has 10 nitrogen and oxygen atoms in total. The van der Waals surface area contributed by atoms with E-state index in [0.717, 1.165) is 0 Å². The van der Waals surface area contributed by atoms with Gasteiger partial charge in [-0.2, -0.15) is 0 Å². The second-order valence-corrected chi connectivity index (χ2v) is 10.4. The molecule has 0 saturated carbocycles. The SMILES string of the molecule is COc1cccc(NC(=O)NC2C(=O)N(CC(=O)N(c3ccccc3)C(C)C)c3ccccc3N(c3ccccc3)C2=O)c1. The van der Waals surface area contributed by atoms with Gasteiger partial charge in [0.15, 0.2) is 6.04 Å². The Balaban J connectivity index is 1.54. The Morgan fingerprint density at radius 1 is 0.818 bits per heavy atom. The van der Waals surface area contributed by atoms with E-state index in [1.165, 1.54) is 16.9 Å². The summed E-state index contributed by atoms with van der Waals surface area (Å²) >= 11 is 0. The summed E-state index contributed by atoms with van der Waals surface area (Å²) in [5.41, 5.74) is 2.34. The molecule has 1 heterocycles. The number of ether oxygens (including phenoxy) is 1. The molecule has 1 aliphatic heterocycles. The fourth-order valence-electron chi connectivity index (χ4n) is 5.17. The zero-order valence-electron chi connectivity index (χ0n) is 24.6. The number of nitrogens with zero attached hydrogens (tertiary/aromatic N) is 3. The predicted molar refractivity (Wildman–Crippen MR) is 170 cm³/mol. The average molecular weight is 592 g/mol. The van der Waals surface area contributed by atoms with Crippen LogP contribution in [0.2, 0.25) is 0 Å². The van der Waals surface area contributed by atoms with Gasteiger partial charge in [0.2, 0.25) is 5.91 Å². The van der Waals surface area contributed by atoms with Crippen LogP contribution in [0.3, 0.4) is 0 Å². The third kappa shape index (κ3) is 6.24. The molecule has 4 aromatic carbocycles. The van der Waals surface area contributed by atoms with Gasteiger partial charge in [0.1, 0.15) is 12.3 Å². The number of methoxy groups -OCH3 is 1. The molecule has 1 atom stereocenters. The zero-order chi connectivity index (χ0) is 31.2. The molecule has 1 aliphatic rings. The minimum absolute atomic E-state index is 0.216. The number of hydrogen-bond acceptors (Lipinski definition) is 5. The molecule has 0 spiro atoms. The van der Waals surface area contributed by atoms with Crippen LogP contribution in [0.25, 0.3) is 0 Å². The van der Waals surface area contributed by atoms with Gasteiger partial charge in [-0.1, -0.05) is 54.6 Å². The fraction of sp³-hybridized carbons (Fsp3) is 0.176. The van der Waals surface area contributed by atoms with E-state index in [-0.39, 0.29) is 18.5 Å². The maximum Gasteiger partial charge on any atom is 0.320 e. The van der Waals surface area contributed by atoms with Gasteiger partial charge in [0.05, 0.1) is 18.5 Å². The predicted octanol–water partition coefficient (Wildman–Crippen LogP) is 5.34. The number of para-hydroxylation sites is 4. The van der Waals surface area contributed by atoms with Crippen LogP contribution in [0.4, 0.5) is 33.2 Å². The van der Waals surface area contributed by atoms with Gasteiger partial charge < -0.3 is 20.3 Å². The monoisotopic (exact) mass is 591 g/mol. The largest absolute Gasteiger partial charge is 0.497 e. The first-order chi connectivity index (χ1) is 21.3.